The zero-order valence-electron chi connectivity index (χ0n) is 15.0. The summed E-state index contributed by atoms with van der Waals surface area (Å²) in [6.45, 7) is 1.89. The average Bonchev–Trinajstić information content (AvgIpc) is 3.30. The number of halogens is 3. The van der Waals surface area contributed by atoms with Crippen LogP contribution in [-0.4, -0.2) is 10.9 Å². The lowest BCUT2D eigenvalue weighted by Gasteiger charge is -2.07. The second-order valence-corrected chi connectivity index (χ2v) is 8.21. The highest BCUT2D eigenvalue weighted by Gasteiger charge is 2.23. The fourth-order valence-electron chi connectivity index (χ4n) is 2.76. The number of thioether (sulfide) groups is 1. The first-order chi connectivity index (χ1) is 13.9. The predicted molar refractivity (Wildman–Crippen MR) is 107 cm³/mol. The van der Waals surface area contributed by atoms with Gasteiger partial charge in [-0.15, -0.1) is 11.3 Å². The molecule has 0 aliphatic rings. The molecule has 0 unspecified atom stereocenters. The lowest BCUT2D eigenvalue weighted by molar-refractivity contribution is 0.0997. The third-order valence-electron chi connectivity index (χ3n) is 4.13. The monoisotopic (exact) mass is 434 g/mol. The first kappa shape index (κ1) is 19.5. The number of para-hydroxylation sites is 1. The molecule has 0 fully saturated rings. The maximum atomic E-state index is 13.9. The van der Waals surface area contributed by atoms with Crippen LogP contribution in [0.5, 0.6) is 0 Å². The van der Waals surface area contributed by atoms with Crippen LogP contribution < -0.4 is 5.32 Å². The molecule has 1 amide bonds. The molecule has 0 spiro atoms. The SMILES string of the molecule is Cc1csc(SCc2c(C(=O)Nc3ccc(F)c(F)c3F)oc3ccccc23)n1. The molecule has 2 aromatic carbocycles. The Morgan fingerprint density at radius 3 is 2.72 bits per heavy atom. The molecule has 0 saturated heterocycles. The van der Waals surface area contributed by atoms with E-state index in [1.54, 1.807) is 12.1 Å². The van der Waals surface area contributed by atoms with Crippen LogP contribution in [-0.2, 0) is 5.75 Å². The largest absolute Gasteiger partial charge is 0.451 e. The number of thiazole rings is 1. The molecule has 4 aromatic rings. The van der Waals surface area contributed by atoms with Crippen LogP contribution in [0.4, 0.5) is 18.9 Å². The van der Waals surface area contributed by atoms with Gasteiger partial charge in [0, 0.05) is 27.8 Å². The molecule has 0 saturated carbocycles. The molecule has 4 nitrogen and oxygen atoms in total. The van der Waals surface area contributed by atoms with Crippen LogP contribution in [0.2, 0.25) is 0 Å². The van der Waals surface area contributed by atoms with E-state index in [0.29, 0.717) is 16.9 Å². The number of nitrogens with zero attached hydrogens (tertiary/aromatic N) is 1. The van der Waals surface area contributed by atoms with E-state index < -0.39 is 29.0 Å². The van der Waals surface area contributed by atoms with Crippen LogP contribution in [0, 0.1) is 24.4 Å². The summed E-state index contributed by atoms with van der Waals surface area (Å²) in [5.41, 5.74) is 1.54. The van der Waals surface area contributed by atoms with E-state index in [-0.39, 0.29) is 5.76 Å². The molecule has 4 rings (SSSR count). The number of hydrogen-bond donors (Lipinski definition) is 1. The number of amides is 1. The minimum absolute atomic E-state index is 0.0175. The summed E-state index contributed by atoms with van der Waals surface area (Å²) in [5.74, 6) is -4.83. The number of furan rings is 1. The molecule has 0 radical (unpaired) electrons. The van der Waals surface area contributed by atoms with E-state index in [2.05, 4.69) is 10.3 Å². The van der Waals surface area contributed by atoms with Crippen molar-refractivity contribution in [1.82, 2.24) is 4.98 Å². The van der Waals surface area contributed by atoms with Gasteiger partial charge in [0.05, 0.1) is 5.69 Å². The van der Waals surface area contributed by atoms with Gasteiger partial charge in [0.2, 0.25) is 0 Å². The molecule has 0 atom stereocenters. The molecule has 0 bridgehead atoms. The summed E-state index contributed by atoms with van der Waals surface area (Å²) >= 11 is 2.94. The fraction of sp³-hybridized carbons (Fsp3) is 0.100. The quantitative estimate of drug-likeness (QED) is 0.302. The van der Waals surface area contributed by atoms with Crippen molar-refractivity contribution in [2.45, 2.75) is 17.0 Å². The molecule has 0 aliphatic carbocycles. The lowest BCUT2D eigenvalue weighted by atomic mass is 10.1. The number of nitrogens with one attached hydrogen (secondary N) is 1. The first-order valence-corrected chi connectivity index (χ1v) is 10.3. The van der Waals surface area contributed by atoms with Crippen LogP contribution in [0.3, 0.4) is 0 Å². The van der Waals surface area contributed by atoms with Gasteiger partial charge in [-0.3, -0.25) is 4.79 Å². The summed E-state index contributed by atoms with van der Waals surface area (Å²) in [5, 5.41) is 4.93. The number of aryl methyl sites for hydroxylation is 1. The Morgan fingerprint density at radius 1 is 1.17 bits per heavy atom. The molecule has 0 aliphatic heterocycles. The number of carbonyl (C=O) groups is 1. The van der Waals surface area contributed by atoms with Crippen molar-refractivity contribution in [1.29, 1.82) is 0 Å². The van der Waals surface area contributed by atoms with Crippen molar-refractivity contribution in [2.75, 3.05) is 5.32 Å². The van der Waals surface area contributed by atoms with Gasteiger partial charge in [0.15, 0.2) is 23.2 Å². The summed E-state index contributed by atoms with van der Waals surface area (Å²) in [6, 6.07) is 8.82. The number of anilines is 1. The first-order valence-electron chi connectivity index (χ1n) is 8.44. The van der Waals surface area contributed by atoms with Gasteiger partial charge < -0.3 is 9.73 Å². The normalized spacial score (nSPS) is 11.2. The summed E-state index contributed by atoms with van der Waals surface area (Å²) < 4.78 is 47.1. The second kappa shape index (κ2) is 7.92. The Balaban J connectivity index is 1.67. The highest BCUT2D eigenvalue weighted by atomic mass is 32.2. The third kappa shape index (κ3) is 3.88. The van der Waals surface area contributed by atoms with Gasteiger partial charge in [-0.05, 0) is 25.1 Å². The smallest absolute Gasteiger partial charge is 0.291 e. The van der Waals surface area contributed by atoms with Crippen LogP contribution in [0.25, 0.3) is 11.0 Å². The molecule has 148 valence electrons. The van der Waals surface area contributed by atoms with Crippen molar-refractivity contribution in [3.63, 3.8) is 0 Å². The highest BCUT2D eigenvalue weighted by Crippen LogP contribution is 2.34. The molecule has 29 heavy (non-hydrogen) atoms. The molecule has 2 aromatic heterocycles. The lowest BCUT2D eigenvalue weighted by Crippen LogP contribution is -2.14. The number of carbonyl (C=O) groups excluding carboxylic acids is 1. The molecular formula is C20H13F3N2O2S2. The van der Waals surface area contributed by atoms with Gasteiger partial charge >= 0.3 is 0 Å². The van der Waals surface area contributed by atoms with Crippen molar-refractivity contribution < 1.29 is 22.4 Å². The third-order valence-corrected chi connectivity index (χ3v) is 6.29. The summed E-state index contributed by atoms with van der Waals surface area (Å²) in [6.07, 6.45) is 0. The Bertz CT molecular complexity index is 1220. The second-order valence-electron chi connectivity index (χ2n) is 6.13. The van der Waals surface area contributed by atoms with E-state index in [9.17, 15) is 18.0 Å². The molecule has 2 heterocycles. The zero-order valence-corrected chi connectivity index (χ0v) is 16.6. The Kier molecular flexibility index (Phi) is 5.33. The Labute approximate surface area is 171 Å². The minimum atomic E-state index is -1.65. The van der Waals surface area contributed by atoms with Crippen LogP contribution >= 0.6 is 23.1 Å². The molecule has 1 N–H and O–H groups in total. The molecule has 9 heteroatoms. The average molecular weight is 434 g/mol. The van der Waals surface area contributed by atoms with Crippen molar-refractivity contribution in [2.24, 2.45) is 0 Å². The number of fused-ring (bicyclic) bond motifs is 1. The fourth-order valence-corrected chi connectivity index (χ4v) is 4.64. The minimum Gasteiger partial charge on any atom is -0.451 e. The molecular weight excluding hydrogens is 421 g/mol. The Hall–Kier alpha value is -2.78. The Morgan fingerprint density at radius 2 is 1.97 bits per heavy atom. The number of aromatic nitrogens is 1. The number of hydrogen-bond acceptors (Lipinski definition) is 5. The van der Waals surface area contributed by atoms with Gasteiger partial charge in [0.25, 0.3) is 5.91 Å². The van der Waals surface area contributed by atoms with Gasteiger partial charge in [-0.2, -0.15) is 0 Å². The summed E-state index contributed by atoms with van der Waals surface area (Å²) in [4.78, 5) is 17.1. The standard InChI is InChI=1S/C20H13F3N2O2S2/c1-10-8-28-20(24-10)29-9-12-11-4-2-3-5-15(11)27-18(12)19(26)25-14-7-6-13(21)16(22)17(14)23/h2-8H,9H2,1H3,(H,25,26). The topological polar surface area (TPSA) is 55.1 Å². The van der Waals surface area contributed by atoms with Gasteiger partial charge in [-0.1, -0.05) is 30.0 Å². The predicted octanol–water partition coefficient (Wildman–Crippen LogP) is 6.16. The number of benzene rings is 2. The van der Waals surface area contributed by atoms with Gasteiger partial charge in [-0.25, -0.2) is 18.2 Å². The van der Waals surface area contributed by atoms with E-state index in [1.807, 2.05) is 24.4 Å². The maximum absolute atomic E-state index is 13.9. The van der Waals surface area contributed by atoms with Crippen molar-refractivity contribution in [3.05, 3.63) is 76.2 Å². The van der Waals surface area contributed by atoms with E-state index >= 15 is 0 Å². The van der Waals surface area contributed by atoms with Crippen molar-refractivity contribution in [3.8, 4) is 0 Å². The van der Waals surface area contributed by atoms with Crippen LogP contribution in [0.1, 0.15) is 21.8 Å². The highest BCUT2D eigenvalue weighted by molar-refractivity contribution is 8.00. The van der Waals surface area contributed by atoms with E-state index in [4.69, 9.17) is 4.42 Å². The van der Waals surface area contributed by atoms with E-state index in [1.165, 1.54) is 23.1 Å². The maximum Gasteiger partial charge on any atom is 0.291 e. The summed E-state index contributed by atoms with van der Waals surface area (Å²) in [7, 11) is 0. The van der Waals surface area contributed by atoms with Gasteiger partial charge in [0.1, 0.15) is 9.92 Å². The van der Waals surface area contributed by atoms with Crippen molar-refractivity contribution >= 4 is 45.7 Å². The van der Waals surface area contributed by atoms with E-state index in [0.717, 1.165) is 27.6 Å². The number of rotatable bonds is 5. The van der Waals surface area contributed by atoms with Crippen LogP contribution in [0.15, 0.2) is 50.5 Å². The zero-order chi connectivity index (χ0) is 20.5.